The van der Waals surface area contributed by atoms with Gasteiger partial charge in [0.25, 0.3) is 0 Å². The third-order valence-corrected chi connectivity index (χ3v) is 2.18. The molecule has 0 radical (unpaired) electrons. The molecule has 0 spiro atoms. The van der Waals surface area contributed by atoms with Crippen LogP contribution in [0, 0.1) is 0 Å². The second-order valence-electron chi connectivity index (χ2n) is 5.27. The number of rotatable bonds is 0. The first-order chi connectivity index (χ1) is 8.03. The van der Waals surface area contributed by atoms with Gasteiger partial charge < -0.3 is 19.3 Å². The lowest BCUT2D eigenvalue weighted by atomic mass is 10.2. The maximum atomic E-state index is 11.6. The first-order valence-corrected chi connectivity index (χ1v) is 7.20. The number of hydrogen-bond donors (Lipinski definition) is 1. The Morgan fingerprint density at radius 1 is 1.50 bits per heavy atom. The number of amides is 1. The van der Waals surface area contributed by atoms with Crippen molar-refractivity contribution in [2.75, 3.05) is 12.8 Å². The number of hydrogen-bond acceptors (Lipinski definition) is 5. The number of carbonyl (C=O) groups excluding carboxylic acids is 1. The molecule has 7 heteroatoms. The normalized spacial score (nSPS) is 25.2. The molecule has 0 saturated carbocycles. The Hall–Kier alpha value is -0.660. The van der Waals surface area contributed by atoms with Crippen molar-refractivity contribution >= 4 is 17.2 Å². The number of nitrogens with zero attached hydrogens (tertiary/aromatic N) is 1. The van der Waals surface area contributed by atoms with Crippen molar-refractivity contribution in [3.63, 3.8) is 0 Å². The molecule has 1 N–H and O–H groups in total. The standard InChI is InChI=1S/C10H19NO3.CH4O2S/c1-7-5-8(12)6-11(7)9(13)14-10(2,3)4;1-4(2)3/h7-8,12H,5-6H2,1-4H3;1H3,(H,2,3)/p-1/t7-,8-;/m0./s1. The van der Waals surface area contributed by atoms with Crippen molar-refractivity contribution in [2.24, 2.45) is 0 Å². The topological polar surface area (TPSA) is 89.9 Å². The van der Waals surface area contributed by atoms with E-state index in [-0.39, 0.29) is 12.1 Å². The average molecular weight is 280 g/mol. The molecule has 6 nitrogen and oxygen atoms in total. The molecule has 1 unspecified atom stereocenters. The van der Waals surface area contributed by atoms with Crippen molar-refractivity contribution in [1.82, 2.24) is 4.90 Å². The van der Waals surface area contributed by atoms with E-state index >= 15 is 0 Å². The van der Waals surface area contributed by atoms with Gasteiger partial charge in [0.1, 0.15) is 5.60 Å². The third-order valence-electron chi connectivity index (χ3n) is 2.18. The molecule has 0 aromatic rings. The fourth-order valence-electron chi connectivity index (χ4n) is 1.58. The predicted octanol–water partition coefficient (Wildman–Crippen LogP) is 0.872. The van der Waals surface area contributed by atoms with E-state index in [0.29, 0.717) is 13.0 Å². The minimum atomic E-state index is -1.86. The van der Waals surface area contributed by atoms with Gasteiger partial charge in [0.15, 0.2) is 0 Å². The number of likely N-dealkylation sites (tertiary alicyclic amines) is 1. The Labute approximate surface area is 111 Å². The molecule has 1 saturated heterocycles. The molecule has 108 valence electrons. The fourth-order valence-corrected chi connectivity index (χ4v) is 1.58. The quantitative estimate of drug-likeness (QED) is 0.665. The van der Waals surface area contributed by atoms with Crippen LogP contribution in [-0.2, 0) is 15.8 Å². The number of aliphatic hydroxyl groups is 1. The molecule has 1 aliphatic rings. The lowest BCUT2D eigenvalue weighted by Crippen LogP contribution is -2.39. The van der Waals surface area contributed by atoms with Gasteiger partial charge >= 0.3 is 6.09 Å². The van der Waals surface area contributed by atoms with Gasteiger partial charge in [-0.3, -0.25) is 4.21 Å². The highest BCUT2D eigenvalue weighted by Gasteiger charge is 2.33. The SMILES string of the molecule is CS(=O)[O-].C[C@H]1C[C@H](O)CN1C(=O)OC(C)(C)C. The van der Waals surface area contributed by atoms with Gasteiger partial charge in [-0.1, -0.05) is 11.1 Å². The van der Waals surface area contributed by atoms with Crippen LogP contribution in [0.25, 0.3) is 0 Å². The van der Waals surface area contributed by atoms with Gasteiger partial charge in [-0.25, -0.2) is 4.79 Å². The minimum Gasteiger partial charge on any atom is -0.773 e. The summed E-state index contributed by atoms with van der Waals surface area (Å²) in [7, 11) is 0. The average Bonchev–Trinajstić information content (AvgIpc) is 2.41. The highest BCUT2D eigenvalue weighted by Crippen LogP contribution is 2.20. The van der Waals surface area contributed by atoms with Crippen LogP contribution in [0.15, 0.2) is 0 Å². The Morgan fingerprint density at radius 2 is 1.94 bits per heavy atom. The van der Waals surface area contributed by atoms with E-state index < -0.39 is 22.8 Å². The molecule has 1 aliphatic heterocycles. The molecule has 1 amide bonds. The Balaban J connectivity index is 0.000000631. The zero-order valence-corrected chi connectivity index (χ0v) is 12.3. The van der Waals surface area contributed by atoms with E-state index in [9.17, 15) is 9.90 Å². The lowest BCUT2D eigenvalue weighted by molar-refractivity contribution is 0.0220. The molecule has 1 heterocycles. The molecular formula is C11H22NO5S-. The molecule has 1 rings (SSSR count). The van der Waals surface area contributed by atoms with Crippen molar-refractivity contribution in [2.45, 2.75) is 51.9 Å². The van der Waals surface area contributed by atoms with Crippen molar-refractivity contribution in [3.8, 4) is 0 Å². The molecule has 0 bridgehead atoms. The fraction of sp³-hybridized carbons (Fsp3) is 0.909. The van der Waals surface area contributed by atoms with Crippen LogP contribution in [0.5, 0.6) is 0 Å². The van der Waals surface area contributed by atoms with Crippen LogP contribution in [0.1, 0.15) is 34.1 Å². The second-order valence-corrected chi connectivity index (χ2v) is 6.08. The van der Waals surface area contributed by atoms with Gasteiger partial charge in [-0.2, -0.15) is 0 Å². The first-order valence-electron chi connectivity index (χ1n) is 5.71. The van der Waals surface area contributed by atoms with Gasteiger partial charge in [-0.05, 0) is 40.4 Å². The van der Waals surface area contributed by atoms with Gasteiger partial charge in [0, 0.05) is 6.04 Å². The first kappa shape index (κ1) is 17.3. The molecule has 0 aliphatic carbocycles. The van der Waals surface area contributed by atoms with Crippen LogP contribution < -0.4 is 0 Å². The Bertz CT molecular complexity index is 298. The van der Waals surface area contributed by atoms with Crippen LogP contribution in [0.4, 0.5) is 4.79 Å². The summed E-state index contributed by atoms with van der Waals surface area (Å²) < 4.78 is 23.2. The van der Waals surface area contributed by atoms with Crippen LogP contribution in [0.2, 0.25) is 0 Å². The maximum Gasteiger partial charge on any atom is 0.410 e. The summed E-state index contributed by atoms with van der Waals surface area (Å²) >= 11 is -1.86. The van der Waals surface area contributed by atoms with Gasteiger partial charge in [0.05, 0.1) is 12.6 Å². The van der Waals surface area contributed by atoms with Crippen LogP contribution >= 0.6 is 0 Å². The molecule has 3 atom stereocenters. The van der Waals surface area contributed by atoms with Gasteiger partial charge in [-0.15, -0.1) is 0 Å². The molecule has 0 aromatic heterocycles. The molecular weight excluding hydrogens is 258 g/mol. The monoisotopic (exact) mass is 280 g/mol. The number of carbonyl (C=O) groups is 1. The van der Waals surface area contributed by atoms with Crippen LogP contribution in [-0.4, -0.2) is 55.4 Å². The number of β-amino-alcohol motifs (C(OH)–C–C–N with tert-alkyl or cyclic N) is 1. The van der Waals surface area contributed by atoms with Crippen molar-refractivity contribution in [3.05, 3.63) is 0 Å². The van der Waals surface area contributed by atoms with Crippen molar-refractivity contribution in [1.29, 1.82) is 0 Å². The minimum absolute atomic E-state index is 0.0693. The summed E-state index contributed by atoms with van der Waals surface area (Å²) in [6, 6.07) is 0.0693. The maximum absolute atomic E-state index is 11.6. The molecule has 18 heavy (non-hydrogen) atoms. The highest BCUT2D eigenvalue weighted by molar-refractivity contribution is 7.78. The zero-order chi connectivity index (χ0) is 14.5. The molecule has 1 fully saturated rings. The summed E-state index contributed by atoms with van der Waals surface area (Å²) in [4.78, 5) is 13.2. The van der Waals surface area contributed by atoms with Gasteiger partial charge in [0.2, 0.25) is 0 Å². The summed E-state index contributed by atoms with van der Waals surface area (Å²) in [5.41, 5.74) is -0.468. The summed E-state index contributed by atoms with van der Waals surface area (Å²) in [5.74, 6) is 0. The largest absolute Gasteiger partial charge is 0.773 e. The van der Waals surface area contributed by atoms with Crippen molar-refractivity contribution < 1.29 is 23.4 Å². The Kier molecular flexibility index (Phi) is 6.80. The van der Waals surface area contributed by atoms with E-state index in [4.69, 9.17) is 13.5 Å². The smallest absolute Gasteiger partial charge is 0.410 e. The van der Waals surface area contributed by atoms with E-state index in [1.165, 1.54) is 0 Å². The van der Waals surface area contributed by atoms with E-state index in [1.54, 1.807) is 4.90 Å². The lowest BCUT2D eigenvalue weighted by Gasteiger charge is -2.26. The van der Waals surface area contributed by atoms with E-state index in [1.807, 2.05) is 27.7 Å². The summed E-state index contributed by atoms with van der Waals surface area (Å²) in [6.07, 6.45) is 0.984. The number of ether oxygens (including phenoxy) is 1. The van der Waals surface area contributed by atoms with Crippen LogP contribution in [0.3, 0.4) is 0 Å². The predicted molar refractivity (Wildman–Crippen MR) is 67.9 cm³/mol. The number of aliphatic hydroxyl groups excluding tert-OH is 1. The zero-order valence-electron chi connectivity index (χ0n) is 11.5. The van der Waals surface area contributed by atoms with E-state index in [2.05, 4.69) is 0 Å². The molecule has 0 aromatic carbocycles. The summed E-state index contributed by atoms with van der Waals surface area (Å²) in [6.45, 7) is 7.81. The Morgan fingerprint density at radius 3 is 2.22 bits per heavy atom. The van der Waals surface area contributed by atoms with E-state index in [0.717, 1.165) is 6.26 Å². The third kappa shape index (κ3) is 7.62. The summed E-state index contributed by atoms with van der Waals surface area (Å²) in [5, 5.41) is 9.37. The second kappa shape index (κ2) is 7.06. The highest BCUT2D eigenvalue weighted by atomic mass is 32.2.